The minimum Gasteiger partial charge on any atom is -0.451 e. The van der Waals surface area contributed by atoms with Crippen molar-refractivity contribution in [3.8, 4) is 0 Å². The second kappa shape index (κ2) is 3.05. The average Bonchev–Trinajstić information content (AvgIpc) is 2.08. The lowest BCUT2D eigenvalue weighted by Gasteiger charge is -1.84. The van der Waals surface area contributed by atoms with Crippen molar-refractivity contribution in [3.63, 3.8) is 0 Å². The first kappa shape index (κ1) is 9.48. The van der Waals surface area contributed by atoms with E-state index in [1.807, 2.05) is 0 Å². The van der Waals surface area contributed by atoms with Gasteiger partial charge in [-0.05, 0) is 12.1 Å². The van der Waals surface area contributed by atoms with Crippen molar-refractivity contribution >= 4 is 22.5 Å². The van der Waals surface area contributed by atoms with Gasteiger partial charge in [0.2, 0.25) is 5.09 Å². The summed E-state index contributed by atoms with van der Waals surface area (Å²) in [6, 6.07) is 2.54. The molecule has 0 radical (unpaired) electrons. The molecule has 1 rings (SSSR count). The van der Waals surface area contributed by atoms with Crippen molar-refractivity contribution in [2.45, 2.75) is 5.09 Å². The molecule has 1 aromatic rings. The molecular formula is C4H5ClO4S. The molecule has 10 heavy (non-hydrogen) atoms. The smallest absolute Gasteiger partial charge is 0.328 e. The van der Waals surface area contributed by atoms with Crippen molar-refractivity contribution in [1.82, 2.24) is 0 Å². The fourth-order valence-corrected chi connectivity index (χ4v) is 0.838. The van der Waals surface area contributed by atoms with Crippen LogP contribution in [-0.2, 0) is 10.1 Å². The largest absolute Gasteiger partial charge is 0.451 e. The summed E-state index contributed by atoms with van der Waals surface area (Å²) in [5.74, 6) is 0. The molecule has 0 aliphatic heterocycles. The third-order valence-corrected chi connectivity index (χ3v) is 1.49. The molecule has 1 aromatic heterocycles. The van der Waals surface area contributed by atoms with Gasteiger partial charge in [0.05, 0.1) is 6.26 Å². The minimum atomic E-state index is -4.13. The Hall–Kier alpha value is -0.520. The molecule has 0 atom stereocenters. The molecule has 0 unspecified atom stereocenters. The van der Waals surface area contributed by atoms with Crippen LogP contribution in [0.25, 0.3) is 0 Å². The summed E-state index contributed by atoms with van der Waals surface area (Å²) in [5, 5.41) is -0.428. The van der Waals surface area contributed by atoms with Gasteiger partial charge in [0, 0.05) is 0 Å². The van der Waals surface area contributed by atoms with Crippen LogP contribution in [0.3, 0.4) is 0 Å². The zero-order valence-electron chi connectivity index (χ0n) is 4.72. The van der Waals surface area contributed by atoms with Crippen molar-refractivity contribution < 1.29 is 17.4 Å². The van der Waals surface area contributed by atoms with E-state index in [-0.39, 0.29) is 12.4 Å². The monoisotopic (exact) mass is 184 g/mol. The van der Waals surface area contributed by atoms with Gasteiger partial charge >= 0.3 is 10.1 Å². The predicted octanol–water partition coefficient (Wildman–Crippen LogP) is 0.948. The first-order valence-corrected chi connectivity index (χ1v) is 3.56. The van der Waals surface area contributed by atoms with Crippen molar-refractivity contribution in [1.29, 1.82) is 0 Å². The Morgan fingerprint density at radius 3 is 2.30 bits per heavy atom. The van der Waals surface area contributed by atoms with Crippen LogP contribution >= 0.6 is 12.4 Å². The van der Waals surface area contributed by atoms with Crippen LogP contribution in [0.2, 0.25) is 0 Å². The van der Waals surface area contributed by atoms with E-state index in [1.54, 1.807) is 0 Å². The van der Waals surface area contributed by atoms with E-state index in [4.69, 9.17) is 4.55 Å². The minimum absolute atomic E-state index is 0. The van der Waals surface area contributed by atoms with Crippen LogP contribution in [0.15, 0.2) is 27.9 Å². The van der Waals surface area contributed by atoms with Gasteiger partial charge in [-0.3, -0.25) is 4.55 Å². The van der Waals surface area contributed by atoms with E-state index in [9.17, 15) is 8.42 Å². The van der Waals surface area contributed by atoms with E-state index in [2.05, 4.69) is 4.42 Å². The quantitative estimate of drug-likeness (QED) is 0.660. The average molecular weight is 185 g/mol. The van der Waals surface area contributed by atoms with Gasteiger partial charge in [0.25, 0.3) is 0 Å². The summed E-state index contributed by atoms with van der Waals surface area (Å²) >= 11 is 0. The lowest BCUT2D eigenvalue weighted by molar-refractivity contribution is 0.407. The SMILES string of the molecule is Cl.O=S(=O)(O)c1ccco1. The molecule has 0 amide bonds. The maximum atomic E-state index is 10.2. The normalized spacial score (nSPS) is 10.5. The summed E-state index contributed by atoms with van der Waals surface area (Å²) in [6.07, 6.45) is 1.17. The summed E-state index contributed by atoms with van der Waals surface area (Å²) in [5.41, 5.74) is 0. The zero-order valence-corrected chi connectivity index (χ0v) is 6.35. The van der Waals surface area contributed by atoms with Gasteiger partial charge in [-0.2, -0.15) is 8.42 Å². The molecule has 1 N–H and O–H groups in total. The van der Waals surface area contributed by atoms with E-state index < -0.39 is 15.2 Å². The highest BCUT2D eigenvalue weighted by Gasteiger charge is 2.10. The van der Waals surface area contributed by atoms with Crippen molar-refractivity contribution in [3.05, 3.63) is 18.4 Å². The van der Waals surface area contributed by atoms with E-state index in [0.717, 1.165) is 6.07 Å². The van der Waals surface area contributed by atoms with E-state index >= 15 is 0 Å². The number of furan rings is 1. The number of hydrogen-bond donors (Lipinski definition) is 1. The Labute approximate surface area is 64.0 Å². The highest BCUT2D eigenvalue weighted by molar-refractivity contribution is 7.85. The predicted molar refractivity (Wildman–Crippen MR) is 35.8 cm³/mol. The Morgan fingerprint density at radius 2 is 2.10 bits per heavy atom. The molecule has 0 saturated heterocycles. The van der Waals surface area contributed by atoms with Gasteiger partial charge < -0.3 is 4.42 Å². The summed E-state index contributed by atoms with van der Waals surface area (Å²) < 4.78 is 32.9. The molecule has 0 aliphatic rings. The topological polar surface area (TPSA) is 67.5 Å². The van der Waals surface area contributed by atoms with Crippen LogP contribution in [-0.4, -0.2) is 13.0 Å². The van der Waals surface area contributed by atoms with Crippen LogP contribution in [0.5, 0.6) is 0 Å². The molecule has 0 spiro atoms. The Kier molecular flexibility index (Phi) is 2.89. The number of halogens is 1. The Morgan fingerprint density at radius 1 is 1.50 bits per heavy atom. The molecule has 0 aliphatic carbocycles. The third-order valence-electron chi connectivity index (χ3n) is 0.749. The van der Waals surface area contributed by atoms with E-state index in [0.29, 0.717) is 0 Å². The van der Waals surface area contributed by atoms with Crippen molar-refractivity contribution in [2.24, 2.45) is 0 Å². The first-order valence-electron chi connectivity index (χ1n) is 2.12. The highest BCUT2D eigenvalue weighted by atomic mass is 35.5. The van der Waals surface area contributed by atoms with Gasteiger partial charge in [0.15, 0.2) is 0 Å². The van der Waals surface area contributed by atoms with Crippen LogP contribution in [0.1, 0.15) is 0 Å². The number of rotatable bonds is 1. The molecular weight excluding hydrogens is 180 g/mol. The standard InChI is InChI=1S/C4H4O4S.ClH/c5-9(6,7)4-2-1-3-8-4;/h1-3H,(H,5,6,7);1H. The molecule has 0 bridgehead atoms. The van der Waals surface area contributed by atoms with E-state index in [1.165, 1.54) is 12.3 Å². The molecule has 1 heterocycles. The zero-order chi connectivity index (χ0) is 6.91. The van der Waals surface area contributed by atoms with Gasteiger partial charge in [0.1, 0.15) is 0 Å². The van der Waals surface area contributed by atoms with Gasteiger partial charge in [-0.1, -0.05) is 0 Å². The fraction of sp³-hybridized carbons (Fsp3) is 0. The molecule has 6 heteroatoms. The van der Waals surface area contributed by atoms with Gasteiger partial charge in [-0.25, -0.2) is 0 Å². The van der Waals surface area contributed by atoms with Crippen LogP contribution in [0, 0.1) is 0 Å². The molecule has 0 saturated carbocycles. The summed E-state index contributed by atoms with van der Waals surface area (Å²) in [7, 11) is -4.13. The Balaban J connectivity index is 0.000000810. The fourth-order valence-electron chi connectivity index (χ4n) is 0.410. The molecule has 4 nitrogen and oxygen atoms in total. The van der Waals surface area contributed by atoms with Gasteiger partial charge in [-0.15, -0.1) is 12.4 Å². The maximum absolute atomic E-state index is 10.2. The second-order valence-corrected chi connectivity index (χ2v) is 2.76. The maximum Gasteiger partial charge on any atom is 0.328 e. The second-order valence-electron chi connectivity index (χ2n) is 1.41. The van der Waals surface area contributed by atoms with Crippen molar-refractivity contribution in [2.75, 3.05) is 0 Å². The lowest BCUT2D eigenvalue weighted by atomic mass is 10.7. The molecule has 58 valence electrons. The Bertz CT molecular complexity index is 274. The lowest BCUT2D eigenvalue weighted by Crippen LogP contribution is -1.94. The first-order chi connectivity index (χ1) is 4.11. The number of hydrogen-bond acceptors (Lipinski definition) is 3. The molecule has 0 aromatic carbocycles. The van der Waals surface area contributed by atoms with Crippen LogP contribution in [0.4, 0.5) is 0 Å². The highest BCUT2D eigenvalue weighted by Crippen LogP contribution is 2.06. The summed E-state index contributed by atoms with van der Waals surface area (Å²) in [4.78, 5) is 0. The molecule has 0 fully saturated rings. The summed E-state index contributed by atoms with van der Waals surface area (Å²) in [6.45, 7) is 0. The third kappa shape index (κ3) is 2.02. The van der Waals surface area contributed by atoms with Crippen LogP contribution < -0.4 is 0 Å².